The molecular weight excluding hydrogens is 715 g/mol. The van der Waals surface area contributed by atoms with E-state index in [0.717, 1.165) is 43.9 Å². The van der Waals surface area contributed by atoms with Gasteiger partial charge in [-0.15, -0.1) is 0 Å². The zero-order valence-corrected chi connectivity index (χ0v) is 33.1. The Morgan fingerprint density at radius 3 is 2.13 bits per heavy atom. The third kappa shape index (κ3) is 19.4. The van der Waals surface area contributed by atoms with Crippen LogP contribution in [-0.2, 0) is 20.8 Å². The first-order chi connectivity index (χ1) is 26.0. The van der Waals surface area contributed by atoms with Gasteiger partial charge in [0.15, 0.2) is 0 Å². The minimum absolute atomic E-state index is 0.0108. The number of rotatable bonds is 26. The molecule has 1 aliphatic rings. The lowest BCUT2D eigenvalue weighted by Gasteiger charge is -2.31. The van der Waals surface area contributed by atoms with Crippen molar-refractivity contribution in [2.75, 3.05) is 72.4 Å². The van der Waals surface area contributed by atoms with Crippen LogP contribution >= 0.6 is 11.8 Å². The molecular formula is C39H61N5O9S. The Hall–Kier alpha value is -3.20. The molecule has 0 radical (unpaired) electrons. The number of aliphatic hydroxyl groups excluding tert-OH is 2. The van der Waals surface area contributed by atoms with E-state index in [9.17, 15) is 24.9 Å². The van der Waals surface area contributed by atoms with Crippen LogP contribution < -0.4 is 0 Å². The zero-order valence-electron chi connectivity index (χ0n) is 32.2. The van der Waals surface area contributed by atoms with Gasteiger partial charge in [-0.05, 0) is 69.1 Å². The van der Waals surface area contributed by atoms with E-state index < -0.39 is 11.9 Å². The number of pyridine rings is 2. The van der Waals surface area contributed by atoms with Gasteiger partial charge in [-0.25, -0.2) is 19.6 Å². The molecule has 54 heavy (non-hydrogen) atoms. The van der Waals surface area contributed by atoms with Crippen molar-refractivity contribution in [3.8, 4) is 5.40 Å². The topological polar surface area (TPSA) is 199 Å². The van der Waals surface area contributed by atoms with E-state index in [0.29, 0.717) is 83.3 Å². The van der Waals surface area contributed by atoms with Crippen LogP contribution in [0.4, 0.5) is 0 Å². The Balaban J connectivity index is 0.00000113. The lowest BCUT2D eigenvalue weighted by molar-refractivity contribution is 0.00338. The fraction of sp³-hybridized carbons (Fsp3) is 0.667. The number of hydrogen-bond donors (Lipinski definition) is 4. The Morgan fingerprint density at radius 1 is 0.907 bits per heavy atom. The summed E-state index contributed by atoms with van der Waals surface area (Å²) in [6.45, 7) is 10.9. The minimum atomic E-state index is -1.06. The zero-order chi connectivity index (χ0) is 39.6. The van der Waals surface area contributed by atoms with Crippen LogP contribution in [0, 0.1) is 10.7 Å². The molecule has 302 valence electrons. The predicted molar refractivity (Wildman–Crippen MR) is 207 cm³/mol. The maximum absolute atomic E-state index is 11.5. The summed E-state index contributed by atoms with van der Waals surface area (Å²) in [6.07, 6.45) is 8.98. The summed E-state index contributed by atoms with van der Waals surface area (Å²) < 4.78 is 17.6. The van der Waals surface area contributed by atoms with Gasteiger partial charge in [0.1, 0.15) is 16.8 Å². The second-order valence-electron chi connectivity index (χ2n) is 13.7. The van der Waals surface area contributed by atoms with Crippen molar-refractivity contribution in [3.05, 3.63) is 59.2 Å². The molecule has 14 nitrogen and oxygen atoms in total. The van der Waals surface area contributed by atoms with Crippen LogP contribution in [0.1, 0.15) is 111 Å². The number of hydrogen-bond acceptors (Lipinski definition) is 13. The van der Waals surface area contributed by atoms with Crippen LogP contribution in [0.2, 0.25) is 0 Å². The summed E-state index contributed by atoms with van der Waals surface area (Å²) >= 11 is 1.09. The average molecular weight is 776 g/mol. The molecule has 0 aromatic carbocycles. The van der Waals surface area contributed by atoms with Gasteiger partial charge in [0.25, 0.3) is 0 Å². The smallest absolute Gasteiger partial charge is 0.354 e. The normalized spacial score (nSPS) is 14.0. The number of aromatic carboxylic acids is 2. The average Bonchev–Trinajstić information content (AvgIpc) is 3.16. The largest absolute Gasteiger partial charge is 0.477 e. The first kappa shape index (κ1) is 47.0. The van der Waals surface area contributed by atoms with Gasteiger partial charge in [-0.1, -0.05) is 51.2 Å². The maximum atomic E-state index is 11.5. The lowest BCUT2D eigenvalue weighted by Crippen LogP contribution is -2.35. The summed E-state index contributed by atoms with van der Waals surface area (Å²) in [7, 11) is 0. The number of ether oxygens (including phenoxy) is 3. The Labute approximate surface area is 324 Å². The Kier molecular flexibility index (Phi) is 23.8. The molecule has 4 N–H and O–H groups in total. The molecule has 0 spiro atoms. The van der Waals surface area contributed by atoms with Crippen molar-refractivity contribution in [2.24, 2.45) is 0 Å². The highest BCUT2D eigenvalue weighted by atomic mass is 32.2. The number of thiocyanates is 1. The van der Waals surface area contributed by atoms with E-state index in [2.05, 4.69) is 26.7 Å². The quantitative estimate of drug-likeness (QED) is 0.0713. The molecule has 15 heteroatoms. The first-order valence-electron chi connectivity index (χ1n) is 18.9. The molecule has 0 aliphatic heterocycles. The van der Waals surface area contributed by atoms with Crippen molar-refractivity contribution < 1.29 is 44.2 Å². The van der Waals surface area contributed by atoms with Crippen LogP contribution in [0.15, 0.2) is 36.4 Å². The van der Waals surface area contributed by atoms with Crippen LogP contribution in [0.3, 0.4) is 0 Å². The monoisotopic (exact) mass is 775 g/mol. The second kappa shape index (κ2) is 27.4. The lowest BCUT2D eigenvalue weighted by atomic mass is 9.98. The summed E-state index contributed by atoms with van der Waals surface area (Å²) in [4.78, 5) is 35.8. The van der Waals surface area contributed by atoms with Crippen molar-refractivity contribution in [1.82, 2.24) is 19.8 Å². The van der Waals surface area contributed by atoms with E-state index in [4.69, 9.17) is 24.6 Å². The summed E-state index contributed by atoms with van der Waals surface area (Å²) in [5.74, 6) is -2.11. The van der Waals surface area contributed by atoms with Gasteiger partial charge in [-0.3, -0.25) is 9.80 Å². The minimum Gasteiger partial charge on any atom is -0.477 e. The van der Waals surface area contributed by atoms with Gasteiger partial charge in [0.05, 0.1) is 69.8 Å². The summed E-state index contributed by atoms with van der Waals surface area (Å²) in [6, 6.07) is 9.97. The molecule has 1 aliphatic carbocycles. The first-order valence-corrected chi connectivity index (χ1v) is 19.8. The highest BCUT2D eigenvalue weighted by Crippen LogP contribution is 2.25. The van der Waals surface area contributed by atoms with Gasteiger partial charge in [0.2, 0.25) is 0 Å². The van der Waals surface area contributed by atoms with Gasteiger partial charge >= 0.3 is 11.9 Å². The van der Waals surface area contributed by atoms with Gasteiger partial charge < -0.3 is 34.6 Å². The number of carboxylic acid groups (broad SMARTS) is 2. The van der Waals surface area contributed by atoms with Crippen molar-refractivity contribution in [3.63, 3.8) is 0 Å². The molecule has 2 heterocycles. The molecule has 1 fully saturated rings. The Bertz CT molecular complexity index is 1390. The fourth-order valence-electron chi connectivity index (χ4n) is 5.84. The highest BCUT2D eigenvalue weighted by Gasteiger charge is 2.22. The van der Waals surface area contributed by atoms with E-state index in [-0.39, 0.29) is 35.4 Å². The highest BCUT2D eigenvalue weighted by molar-refractivity contribution is 8.05. The number of unbranched alkanes of at least 4 members (excludes halogenated alkanes) is 1. The van der Waals surface area contributed by atoms with Gasteiger partial charge in [-0.2, -0.15) is 5.26 Å². The molecule has 0 amide bonds. The predicted octanol–water partition coefficient (Wildman–Crippen LogP) is 5.25. The van der Waals surface area contributed by atoms with Crippen LogP contribution in [0.5, 0.6) is 0 Å². The van der Waals surface area contributed by atoms with Crippen LogP contribution in [-0.4, -0.2) is 135 Å². The molecule has 2 aromatic heterocycles. The third-order valence-corrected chi connectivity index (χ3v) is 9.64. The summed E-state index contributed by atoms with van der Waals surface area (Å²) in [5, 5.41) is 47.1. The van der Waals surface area contributed by atoms with E-state index in [1.54, 1.807) is 12.1 Å². The number of aliphatic hydroxyl groups is 2. The molecule has 1 unspecified atom stereocenters. The number of thioether (sulfide) groups is 1. The molecule has 2 aromatic rings. The molecule has 1 saturated carbocycles. The standard InChI is InChI=1S/C34H52N4O8.C5H9NOS/c1-2-3-15-32(29-12-8-14-31(36-29)34(42)43)38(16-20-39)19-22-45-25-24-44-21-17-37(18-23-46-28-10-5-4-6-11-28)26-27-9-7-13-30(35-27)33(40)41;1-5(2,3-7)8-4-6/h7-9,12-14,28,32,39H,2-6,10-11,15-26H2,1H3,(H,40,41)(H,42,43);7H,3H2,1-2H3. The molecule has 0 bridgehead atoms. The maximum Gasteiger partial charge on any atom is 0.354 e. The third-order valence-electron chi connectivity index (χ3n) is 8.86. The number of nitriles is 1. The Morgan fingerprint density at radius 2 is 1.54 bits per heavy atom. The van der Waals surface area contributed by atoms with E-state index >= 15 is 0 Å². The van der Waals surface area contributed by atoms with Crippen molar-refractivity contribution in [1.29, 1.82) is 5.26 Å². The number of nitrogens with zero attached hydrogens (tertiary/aromatic N) is 5. The summed E-state index contributed by atoms with van der Waals surface area (Å²) in [5.41, 5.74) is 1.42. The molecule has 3 rings (SSSR count). The fourth-order valence-corrected chi connectivity index (χ4v) is 6.15. The molecule has 0 saturated heterocycles. The van der Waals surface area contributed by atoms with Crippen molar-refractivity contribution >= 4 is 23.7 Å². The SMILES string of the molecule is CC(C)(CO)SC#N.CCCCC(c1cccc(C(=O)O)n1)N(CCO)CCOCCOCCN(CCOC1CCCCC1)Cc1cccc(C(=O)O)n1. The molecule has 1 atom stereocenters. The van der Waals surface area contributed by atoms with Crippen molar-refractivity contribution in [2.45, 2.75) is 95.6 Å². The number of aromatic nitrogens is 2. The van der Waals surface area contributed by atoms with Gasteiger partial charge in [0, 0.05) is 37.5 Å². The number of carbonyl (C=O) groups is 2. The van der Waals surface area contributed by atoms with E-state index in [1.165, 1.54) is 31.4 Å². The van der Waals surface area contributed by atoms with Crippen LogP contribution in [0.25, 0.3) is 0 Å². The number of carboxylic acids is 2. The van der Waals surface area contributed by atoms with E-state index in [1.807, 2.05) is 31.4 Å². The second-order valence-corrected chi connectivity index (χ2v) is 15.2.